The third-order valence-electron chi connectivity index (χ3n) is 2.41. The lowest BCUT2D eigenvalue weighted by molar-refractivity contribution is 0.303. The van der Waals surface area contributed by atoms with Crippen LogP contribution in [0.2, 0.25) is 0 Å². The van der Waals surface area contributed by atoms with E-state index in [1.165, 1.54) is 11.6 Å². The molecule has 4 heteroatoms. The maximum absolute atomic E-state index is 13.6. The summed E-state index contributed by atoms with van der Waals surface area (Å²) in [5.41, 5.74) is 2.07. The van der Waals surface area contributed by atoms with Crippen LogP contribution in [0.4, 0.5) is 4.39 Å². The van der Waals surface area contributed by atoms with Crippen LogP contribution in [0.3, 0.4) is 0 Å². The van der Waals surface area contributed by atoms with E-state index in [1.54, 1.807) is 17.4 Å². The number of hydrogen-bond acceptors (Lipinski definition) is 2. The van der Waals surface area contributed by atoms with Crippen molar-refractivity contribution in [2.75, 3.05) is 6.61 Å². The highest BCUT2D eigenvalue weighted by atomic mass is 79.9. The van der Waals surface area contributed by atoms with E-state index >= 15 is 0 Å². The molecule has 2 rings (SSSR count). The number of halogens is 2. The number of benzene rings is 1. The SMILES string of the molecule is Fc1cccc(CBr)c1OCCc1ccsc1. The molecule has 0 spiro atoms. The van der Waals surface area contributed by atoms with Gasteiger partial charge in [0.15, 0.2) is 11.6 Å². The molecule has 1 nitrogen and oxygen atoms in total. The maximum Gasteiger partial charge on any atom is 0.165 e. The summed E-state index contributed by atoms with van der Waals surface area (Å²) in [7, 11) is 0. The second-order valence-corrected chi connectivity index (χ2v) is 4.93. The van der Waals surface area contributed by atoms with Crippen molar-refractivity contribution in [3.63, 3.8) is 0 Å². The van der Waals surface area contributed by atoms with Crippen LogP contribution < -0.4 is 4.74 Å². The molecule has 90 valence electrons. The van der Waals surface area contributed by atoms with Crippen LogP contribution in [0.1, 0.15) is 11.1 Å². The van der Waals surface area contributed by atoms with Crippen LogP contribution in [0, 0.1) is 5.82 Å². The van der Waals surface area contributed by atoms with Crippen LogP contribution in [-0.2, 0) is 11.8 Å². The van der Waals surface area contributed by atoms with Gasteiger partial charge < -0.3 is 4.74 Å². The predicted octanol–water partition coefficient (Wildman–Crippen LogP) is 4.40. The summed E-state index contributed by atoms with van der Waals surface area (Å²) in [5, 5.41) is 4.71. The number of thiophene rings is 1. The van der Waals surface area contributed by atoms with Crippen LogP contribution in [-0.4, -0.2) is 6.61 Å². The molecule has 0 bridgehead atoms. The molecule has 0 aliphatic carbocycles. The number of alkyl halides is 1. The molecule has 1 heterocycles. The van der Waals surface area contributed by atoms with E-state index in [2.05, 4.69) is 27.4 Å². The second-order valence-electron chi connectivity index (χ2n) is 3.59. The summed E-state index contributed by atoms with van der Waals surface area (Å²) in [6, 6.07) is 7.03. The molecule has 0 unspecified atom stereocenters. The fourth-order valence-corrected chi connectivity index (χ4v) is 2.67. The fourth-order valence-electron chi connectivity index (χ4n) is 1.53. The number of rotatable bonds is 5. The first-order valence-electron chi connectivity index (χ1n) is 5.28. The van der Waals surface area contributed by atoms with Crippen LogP contribution in [0.25, 0.3) is 0 Å². The van der Waals surface area contributed by atoms with Gasteiger partial charge in [-0.1, -0.05) is 28.1 Å². The summed E-state index contributed by atoms with van der Waals surface area (Å²) < 4.78 is 19.1. The van der Waals surface area contributed by atoms with E-state index in [4.69, 9.17) is 4.74 Å². The molecule has 0 radical (unpaired) electrons. The summed E-state index contributed by atoms with van der Waals surface area (Å²) >= 11 is 4.99. The van der Waals surface area contributed by atoms with E-state index < -0.39 is 0 Å². The molecule has 0 amide bonds. The summed E-state index contributed by atoms with van der Waals surface area (Å²) in [4.78, 5) is 0. The largest absolute Gasteiger partial charge is 0.490 e. The van der Waals surface area contributed by atoms with Crippen LogP contribution in [0.5, 0.6) is 5.75 Å². The molecule has 2 aromatic rings. The first-order valence-corrected chi connectivity index (χ1v) is 7.35. The Morgan fingerprint density at radius 1 is 1.29 bits per heavy atom. The van der Waals surface area contributed by atoms with E-state index in [9.17, 15) is 4.39 Å². The Kier molecular flexibility index (Phi) is 4.57. The highest BCUT2D eigenvalue weighted by Gasteiger charge is 2.08. The quantitative estimate of drug-likeness (QED) is 0.743. The van der Waals surface area contributed by atoms with Gasteiger partial charge >= 0.3 is 0 Å². The van der Waals surface area contributed by atoms with Gasteiger partial charge in [-0.2, -0.15) is 11.3 Å². The van der Waals surface area contributed by atoms with E-state index in [0.717, 1.165) is 12.0 Å². The maximum atomic E-state index is 13.6. The van der Waals surface area contributed by atoms with Crippen molar-refractivity contribution in [3.05, 3.63) is 52.0 Å². The van der Waals surface area contributed by atoms with Gasteiger partial charge in [-0.25, -0.2) is 4.39 Å². The molecule has 17 heavy (non-hydrogen) atoms. The monoisotopic (exact) mass is 314 g/mol. The highest BCUT2D eigenvalue weighted by Crippen LogP contribution is 2.24. The minimum atomic E-state index is -0.299. The third-order valence-corrected chi connectivity index (χ3v) is 3.75. The van der Waals surface area contributed by atoms with Crippen molar-refractivity contribution in [2.45, 2.75) is 11.8 Å². The Balaban J connectivity index is 1.98. The highest BCUT2D eigenvalue weighted by molar-refractivity contribution is 9.08. The Labute approximate surface area is 112 Å². The molecule has 0 saturated heterocycles. The topological polar surface area (TPSA) is 9.23 Å². The van der Waals surface area contributed by atoms with Gasteiger partial charge in [-0.3, -0.25) is 0 Å². The molecule has 0 fully saturated rings. The van der Waals surface area contributed by atoms with Crippen molar-refractivity contribution in [3.8, 4) is 5.75 Å². The van der Waals surface area contributed by atoms with Gasteiger partial charge in [0.25, 0.3) is 0 Å². The first kappa shape index (κ1) is 12.6. The van der Waals surface area contributed by atoms with Gasteiger partial charge in [0.2, 0.25) is 0 Å². The second kappa shape index (κ2) is 6.17. The van der Waals surface area contributed by atoms with Gasteiger partial charge in [0.1, 0.15) is 0 Å². The lowest BCUT2D eigenvalue weighted by Crippen LogP contribution is -2.04. The normalized spacial score (nSPS) is 10.5. The molecule has 0 N–H and O–H groups in total. The summed E-state index contributed by atoms with van der Waals surface area (Å²) in [6.07, 6.45) is 0.805. The Morgan fingerprint density at radius 3 is 2.88 bits per heavy atom. The van der Waals surface area contributed by atoms with Crippen molar-refractivity contribution in [1.29, 1.82) is 0 Å². The molecule has 1 aromatic carbocycles. The first-order chi connectivity index (χ1) is 8.31. The smallest absolute Gasteiger partial charge is 0.165 e. The molecule has 0 saturated carbocycles. The Hall–Kier alpha value is -0.870. The summed E-state index contributed by atoms with van der Waals surface area (Å²) in [5.74, 6) is 0.0619. The standard InChI is InChI=1S/C13H12BrFOS/c14-8-11-2-1-3-12(15)13(11)16-6-4-10-5-7-17-9-10/h1-3,5,7,9H,4,6,8H2. The van der Waals surface area contributed by atoms with Crippen molar-refractivity contribution in [1.82, 2.24) is 0 Å². The van der Waals surface area contributed by atoms with Crippen LogP contribution in [0.15, 0.2) is 35.0 Å². The molecule has 1 aromatic heterocycles. The Morgan fingerprint density at radius 2 is 2.18 bits per heavy atom. The average Bonchev–Trinajstić information content (AvgIpc) is 2.84. The van der Waals surface area contributed by atoms with E-state index in [0.29, 0.717) is 17.7 Å². The lowest BCUT2D eigenvalue weighted by Gasteiger charge is -2.10. The zero-order valence-electron chi connectivity index (χ0n) is 9.16. The fraction of sp³-hybridized carbons (Fsp3) is 0.231. The van der Waals surface area contributed by atoms with Crippen molar-refractivity contribution >= 4 is 27.3 Å². The molecule has 0 aliphatic heterocycles. The minimum absolute atomic E-state index is 0.299. The predicted molar refractivity (Wildman–Crippen MR) is 72.5 cm³/mol. The van der Waals surface area contributed by atoms with Crippen LogP contribution >= 0.6 is 27.3 Å². The lowest BCUT2D eigenvalue weighted by atomic mass is 10.2. The number of hydrogen-bond donors (Lipinski definition) is 0. The molecule has 0 aliphatic rings. The van der Waals surface area contributed by atoms with Gasteiger partial charge in [-0.15, -0.1) is 0 Å². The molecule has 0 atom stereocenters. The minimum Gasteiger partial charge on any atom is -0.490 e. The number of ether oxygens (including phenoxy) is 1. The average molecular weight is 315 g/mol. The van der Waals surface area contributed by atoms with Gasteiger partial charge in [0, 0.05) is 17.3 Å². The zero-order valence-corrected chi connectivity index (χ0v) is 11.6. The molecular weight excluding hydrogens is 303 g/mol. The number of para-hydroxylation sites is 1. The van der Waals surface area contributed by atoms with Gasteiger partial charge in [0.05, 0.1) is 6.61 Å². The van der Waals surface area contributed by atoms with E-state index in [1.807, 2.05) is 11.4 Å². The summed E-state index contributed by atoms with van der Waals surface area (Å²) in [6.45, 7) is 0.498. The van der Waals surface area contributed by atoms with Gasteiger partial charge in [-0.05, 0) is 28.5 Å². The van der Waals surface area contributed by atoms with Crippen molar-refractivity contribution < 1.29 is 9.13 Å². The van der Waals surface area contributed by atoms with Crippen molar-refractivity contribution in [2.24, 2.45) is 0 Å². The third kappa shape index (κ3) is 3.30. The Bertz CT molecular complexity index is 470. The molecular formula is C13H12BrFOS. The van der Waals surface area contributed by atoms with E-state index in [-0.39, 0.29) is 5.82 Å². The zero-order chi connectivity index (χ0) is 12.1.